The zero-order valence-electron chi connectivity index (χ0n) is 18.1. The summed E-state index contributed by atoms with van der Waals surface area (Å²) in [5, 5.41) is 16.3. The third-order valence-electron chi connectivity index (χ3n) is 4.80. The number of hydrogen-bond donors (Lipinski definition) is 1. The minimum Gasteiger partial charge on any atom is -0.356 e. The minimum atomic E-state index is 0.482. The normalized spacial score (nSPS) is 11.7. The molecule has 2 aromatic heterocycles. The molecule has 1 N–H and O–H groups in total. The van der Waals surface area contributed by atoms with Crippen molar-refractivity contribution < 1.29 is 0 Å². The lowest BCUT2D eigenvalue weighted by molar-refractivity contribution is 0.474. The van der Waals surface area contributed by atoms with E-state index in [9.17, 15) is 0 Å². The van der Waals surface area contributed by atoms with Gasteiger partial charge in [0.25, 0.3) is 0 Å². The van der Waals surface area contributed by atoms with Crippen LogP contribution < -0.4 is 5.32 Å². The summed E-state index contributed by atoms with van der Waals surface area (Å²) in [6, 6.07) is 10.1. The Hall–Kier alpha value is -2.81. The third kappa shape index (κ3) is 5.85. The van der Waals surface area contributed by atoms with Crippen LogP contribution in [0, 0.1) is 6.92 Å². The summed E-state index contributed by atoms with van der Waals surface area (Å²) in [5.74, 6) is 3.71. The van der Waals surface area contributed by atoms with Gasteiger partial charge in [0.2, 0.25) is 0 Å². The van der Waals surface area contributed by atoms with E-state index in [1.807, 2.05) is 78.6 Å². The summed E-state index contributed by atoms with van der Waals surface area (Å²) in [6.07, 6.45) is 7.18. The van der Waals surface area contributed by atoms with E-state index in [2.05, 4.69) is 38.0 Å². The topological polar surface area (TPSA) is 76.2 Å². The molecule has 0 atom stereocenters. The highest BCUT2D eigenvalue weighted by Crippen LogP contribution is 2.10. The van der Waals surface area contributed by atoms with Crippen LogP contribution in [0.25, 0.3) is 5.69 Å². The Balaban J connectivity index is 1.69. The van der Waals surface area contributed by atoms with Crippen molar-refractivity contribution in [1.82, 2.24) is 34.8 Å². The van der Waals surface area contributed by atoms with Crippen molar-refractivity contribution in [2.75, 3.05) is 25.6 Å². The van der Waals surface area contributed by atoms with E-state index in [0.717, 1.165) is 47.6 Å². The van der Waals surface area contributed by atoms with E-state index in [1.54, 1.807) is 0 Å². The van der Waals surface area contributed by atoms with Crippen molar-refractivity contribution in [2.24, 2.45) is 12.0 Å². The van der Waals surface area contributed by atoms with Gasteiger partial charge in [-0.1, -0.05) is 18.2 Å². The Morgan fingerprint density at radius 3 is 2.73 bits per heavy atom. The predicted molar refractivity (Wildman–Crippen MR) is 123 cm³/mol. The van der Waals surface area contributed by atoms with E-state index < -0.39 is 0 Å². The summed E-state index contributed by atoms with van der Waals surface area (Å²) < 4.78 is 3.87. The van der Waals surface area contributed by atoms with Crippen LogP contribution in [0.15, 0.2) is 47.7 Å². The van der Waals surface area contributed by atoms with Gasteiger partial charge in [0.1, 0.15) is 12.4 Å². The molecule has 0 aliphatic heterocycles. The molecule has 9 heteroatoms. The summed E-state index contributed by atoms with van der Waals surface area (Å²) in [4.78, 5) is 6.92. The molecule has 160 valence electrons. The zero-order valence-corrected chi connectivity index (χ0v) is 18.9. The molecule has 0 spiro atoms. The first-order chi connectivity index (χ1) is 14.6. The lowest BCUT2D eigenvalue weighted by Gasteiger charge is -2.22. The maximum absolute atomic E-state index is 4.80. The lowest BCUT2D eigenvalue weighted by Crippen LogP contribution is -2.39. The van der Waals surface area contributed by atoms with Crippen molar-refractivity contribution >= 4 is 17.7 Å². The second kappa shape index (κ2) is 10.8. The molecule has 30 heavy (non-hydrogen) atoms. The van der Waals surface area contributed by atoms with Crippen molar-refractivity contribution in [1.29, 1.82) is 0 Å². The number of nitrogens with zero attached hydrogens (tertiary/aromatic N) is 7. The van der Waals surface area contributed by atoms with Crippen molar-refractivity contribution in [3.8, 4) is 5.69 Å². The Kier molecular flexibility index (Phi) is 7.89. The molecule has 2 heterocycles. The second-order valence-electron chi connectivity index (χ2n) is 7.12. The van der Waals surface area contributed by atoms with Crippen LogP contribution in [0.3, 0.4) is 0 Å². The molecule has 0 saturated heterocycles. The van der Waals surface area contributed by atoms with Crippen molar-refractivity contribution in [3.63, 3.8) is 0 Å². The first kappa shape index (κ1) is 21.9. The Morgan fingerprint density at radius 2 is 2.03 bits per heavy atom. The quantitative estimate of drug-likeness (QED) is 0.322. The van der Waals surface area contributed by atoms with Crippen LogP contribution in [0.1, 0.15) is 23.6 Å². The van der Waals surface area contributed by atoms with Crippen LogP contribution in [-0.4, -0.2) is 61.0 Å². The molecule has 3 rings (SSSR count). The van der Waals surface area contributed by atoms with E-state index >= 15 is 0 Å². The maximum Gasteiger partial charge on any atom is 0.194 e. The molecule has 0 aliphatic rings. The van der Waals surface area contributed by atoms with Crippen LogP contribution >= 0.6 is 11.8 Å². The lowest BCUT2D eigenvalue weighted by atomic mass is 10.3. The summed E-state index contributed by atoms with van der Waals surface area (Å²) in [5.41, 5.74) is 2.17. The number of rotatable bonds is 9. The fourth-order valence-corrected chi connectivity index (χ4v) is 3.41. The highest BCUT2D eigenvalue weighted by molar-refractivity contribution is 7.98. The van der Waals surface area contributed by atoms with E-state index in [1.165, 1.54) is 0 Å². The number of benzene rings is 1. The fourth-order valence-electron chi connectivity index (χ4n) is 2.97. The van der Waals surface area contributed by atoms with E-state index in [4.69, 9.17) is 4.99 Å². The molecule has 8 nitrogen and oxygen atoms in total. The van der Waals surface area contributed by atoms with Gasteiger partial charge >= 0.3 is 0 Å². The van der Waals surface area contributed by atoms with Crippen molar-refractivity contribution in [3.05, 3.63) is 59.9 Å². The molecular formula is C21H30N8S. The third-order valence-corrected chi connectivity index (χ3v) is 5.50. The number of para-hydroxylation sites is 1. The average Bonchev–Trinajstić information content (AvgIpc) is 3.35. The van der Waals surface area contributed by atoms with Gasteiger partial charge in [-0.15, -0.1) is 10.2 Å². The highest BCUT2D eigenvalue weighted by atomic mass is 32.2. The largest absolute Gasteiger partial charge is 0.356 e. The molecule has 0 radical (unpaired) electrons. The molecule has 3 aromatic rings. The number of aromatic nitrogens is 5. The van der Waals surface area contributed by atoms with Gasteiger partial charge in [-0.25, -0.2) is 9.67 Å². The summed E-state index contributed by atoms with van der Waals surface area (Å²) >= 11 is 1.85. The molecule has 0 amide bonds. The fraction of sp³-hybridized carbons (Fsp3) is 0.429. The molecule has 0 unspecified atom stereocenters. The molecule has 0 fully saturated rings. The average molecular weight is 427 g/mol. The summed E-state index contributed by atoms with van der Waals surface area (Å²) in [6.45, 7) is 4.01. The zero-order chi connectivity index (χ0) is 21.3. The van der Waals surface area contributed by atoms with Crippen LogP contribution in [0.2, 0.25) is 0 Å². The van der Waals surface area contributed by atoms with Gasteiger partial charge in [-0.2, -0.15) is 16.9 Å². The van der Waals surface area contributed by atoms with Gasteiger partial charge < -0.3 is 14.8 Å². The van der Waals surface area contributed by atoms with Gasteiger partial charge in [-0.3, -0.25) is 0 Å². The molecule has 1 aromatic carbocycles. The predicted octanol–water partition coefficient (Wildman–Crippen LogP) is 2.64. The van der Waals surface area contributed by atoms with Gasteiger partial charge in [0, 0.05) is 38.9 Å². The van der Waals surface area contributed by atoms with Crippen LogP contribution in [0.4, 0.5) is 0 Å². The Bertz CT molecular complexity index is 947. The first-order valence-corrected chi connectivity index (χ1v) is 11.4. The molecule has 0 saturated carbocycles. The summed E-state index contributed by atoms with van der Waals surface area (Å²) in [7, 11) is 4.01. The first-order valence-electron chi connectivity index (χ1n) is 10.0. The number of hydrogen-bond acceptors (Lipinski definition) is 5. The number of aliphatic imine (C=N–C) groups is 1. The Labute approximate surface area is 182 Å². The standard InChI is InChI=1S/C21H30N8S/c1-17-25-26-20(28(17)3)14-23-21(22-11-8-12-30-4)27(2)15-18-13-24-29(16-18)19-9-6-5-7-10-19/h5-7,9-10,13,16H,8,11-12,14-15H2,1-4H3,(H,22,23). The second-order valence-corrected chi connectivity index (χ2v) is 8.11. The van der Waals surface area contributed by atoms with Gasteiger partial charge in [0.15, 0.2) is 11.8 Å². The molecule has 0 aliphatic carbocycles. The smallest absolute Gasteiger partial charge is 0.194 e. The SMILES string of the molecule is CSCCCNC(=NCc1nnc(C)n1C)N(C)Cc1cnn(-c2ccccc2)c1. The van der Waals surface area contributed by atoms with E-state index in [0.29, 0.717) is 13.1 Å². The van der Waals surface area contributed by atoms with E-state index in [-0.39, 0.29) is 0 Å². The monoisotopic (exact) mass is 426 g/mol. The van der Waals surface area contributed by atoms with Crippen molar-refractivity contribution in [2.45, 2.75) is 26.4 Å². The highest BCUT2D eigenvalue weighted by Gasteiger charge is 2.11. The number of thioether (sulfide) groups is 1. The molecular weight excluding hydrogens is 396 g/mol. The number of nitrogens with one attached hydrogen (secondary N) is 1. The Morgan fingerprint density at radius 1 is 1.23 bits per heavy atom. The van der Waals surface area contributed by atoms with Gasteiger partial charge in [0.05, 0.1) is 11.9 Å². The number of guanidine groups is 1. The maximum atomic E-state index is 4.80. The number of aryl methyl sites for hydroxylation is 1. The van der Waals surface area contributed by atoms with Crippen LogP contribution in [0.5, 0.6) is 0 Å². The molecule has 0 bridgehead atoms. The van der Waals surface area contributed by atoms with Crippen LogP contribution in [-0.2, 0) is 20.1 Å². The minimum absolute atomic E-state index is 0.482. The van der Waals surface area contributed by atoms with Gasteiger partial charge in [-0.05, 0) is 37.5 Å².